The molecular formula is C23H34O4. The lowest BCUT2D eigenvalue weighted by atomic mass is 9.48. The van der Waals surface area contributed by atoms with Gasteiger partial charge in [-0.15, -0.1) is 0 Å². The van der Waals surface area contributed by atoms with E-state index in [4.69, 9.17) is 4.74 Å². The molecule has 0 bridgehead atoms. The second kappa shape index (κ2) is 6.95. The predicted octanol–water partition coefficient (Wildman–Crippen LogP) is 5.25. The van der Waals surface area contributed by atoms with E-state index in [1.807, 2.05) is 0 Å². The number of carboxylic acids is 1. The van der Waals surface area contributed by atoms with Crippen LogP contribution in [-0.4, -0.2) is 27.9 Å². The van der Waals surface area contributed by atoms with E-state index in [9.17, 15) is 15.0 Å². The van der Waals surface area contributed by atoms with Crippen LogP contribution in [0.2, 0.25) is 0 Å². The standard InChI is InChI=1S/C23H34O4/c1-4-6-7-8-9-14-12-16-19(21(24)18(14)22(25)26)17-13(3)15-10-11-23(5-2,27-16)20(15)17/h12-13,15-17,19-20,24H,4-11H2,1-3H3,(H,25,26)/t13?,15-,16?,17+,19?,20?,23+/m0/s1. The molecule has 7 atom stereocenters. The van der Waals surface area contributed by atoms with Gasteiger partial charge in [-0.25, -0.2) is 4.79 Å². The molecular weight excluding hydrogens is 340 g/mol. The molecule has 0 aromatic carbocycles. The Labute approximate surface area is 162 Å². The Hall–Kier alpha value is -1.29. The minimum Gasteiger partial charge on any atom is -0.511 e. The van der Waals surface area contributed by atoms with Crippen molar-refractivity contribution >= 4 is 5.97 Å². The second-order valence-corrected chi connectivity index (χ2v) is 9.26. The number of aliphatic hydroxyl groups excluding tert-OH is 1. The smallest absolute Gasteiger partial charge is 0.339 e. The summed E-state index contributed by atoms with van der Waals surface area (Å²) in [5, 5.41) is 20.9. The summed E-state index contributed by atoms with van der Waals surface area (Å²) < 4.78 is 6.69. The molecule has 27 heavy (non-hydrogen) atoms. The third-order valence-electron chi connectivity index (χ3n) is 8.18. The number of ether oxygens (including phenoxy) is 1. The van der Waals surface area contributed by atoms with Crippen LogP contribution in [0.4, 0.5) is 0 Å². The number of aliphatic hydroxyl groups is 1. The van der Waals surface area contributed by atoms with Gasteiger partial charge >= 0.3 is 5.97 Å². The van der Waals surface area contributed by atoms with Crippen LogP contribution < -0.4 is 0 Å². The molecule has 2 saturated carbocycles. The third-order valence-corrected chi connectivity index (χ3v) is 8.18. The Morgan fingerprint density at radius 1 is 1.30 bits per heavy atom. The molecule has 0 radical (unpaired) electrons. The first-order valence-electron chi connectivity index (χ1n) is 11.0. The van der Waals surface area contributed by atoms with Crippen LogP contribution in [-0.2, 0) is 9.53 Å². The zero-order valence-corrected chi connectivity index (χ0v) is 16.9. The first-order chi connectivity index (χ1) is 12.9. The predicted molar refractivity (Wildman–Crippen MR) is 104 cm³/mol. The maximum atomic E-state index is 12.0. The van der Waals surface area contributed by atoms with Gasteiger partial charge in [-0.05, 0) is 61.3 Å². The van der Waals surface area contributed by atoms with Crippen LogP contribution in [0.25, 0.3) is 0 Å². The van der Waals surface area contributed by atoms with Gasteiger partial charge in [-0.2, -0.15) is 0 Å². The topological polar surface area (TPSA) is 66.8 Å². The zero-order chi connectivity index (χ0) is 19.3. The van der Waals surface area contributed by atoms with Crippen LogP contribution in [0.5, 0.6) is 0 Å². The number of fused-ring (bicyclic) bond motifs is 2. The van der Waals surface area contributed by atoms with E-state index in [1.165, 1.54) is 6.42 Å². The molecule has 0 aromatic rings. The monoisotopic (exact) mass is 374 g/mol. The summed E-state index contributed by atoms with van der Waals surface area (Å²) >= 11 is 0. The Balaban J connectivity index is 1.66. The third kappa shape index (κ3) is 2.70. The van der Waals surface area contributed by atoms with E-state index < -0.39 is 5.97 Å². The molecule has 3 fully saturated rings. The van der Waals surface area contributed by atoms with Crippen molar-refractivity contribution in [3.05, 3.63) is 23.0 Å². The highest BCUT2D eigenvalue weighted by atomic mass is 16.5. The number of unbranched alkanes of at least 4 members (excludes halogenated alkanes) is 3. The summed E-state index contributed by atoms with van der Waals surface area (Å²) in [5.41, 5.74) is 0.881. The van der Waals surface area contributed by atoms with Gasteiger partial charge in [0.05, 0.1) is 17.6 Å². The summed E-state index contributed by atoms with van der Waals surface area (Å²) in [6.07, 6.45) is 10.3. The SMILES string of the molecule is CCCCCCC1=CC2O[C@]3(CC)CC[C@H]4C(C)[C@H](C2C(O)=C1C(=O)O)C43. The average molecular weight is 375 g/mol. The van der Waals surface area contributed by atoms with Gasteiger partial charge in [-0.3, -0.25) is 0 Å². The fourth-order valence-electron chi connectivity index (χ4n) is 6.87. The molecule has 2 N–H and O–H groups in total. The summed E-state index contributed by atoms with van der Waals surface area (Å²) in [6, 6.07) is 0. The second-order valence-electron chi connectivity index (χ2n) is 9.26. The number of carboxylic acid groups (broad SMARTS) is 1. The van der Waals surface area contributed by atoms with Crippen molar-refractivity contribution in [1.29, 1.82) is 0 Å². The highest BCUT2D eigenvalue weighted by Gasteiger charge is 2.68. The number of aliphatic carboxylic acids is 1. The minimum atomic E-state index is -0.991. The summed E-state index contributed by atoms with van der Waals surface area (Å²) in [7, 11) is 0. The molecule has 150 valence electrons. The molecule has 1 heterocycles. The first kappa shape index (κ1) is 19.0. The Morgan fingerprint density at radius 2 is 2.07 bits per heavy atom. The van der Waals surface area contributed by atoms with Crippen molar-refractivity contribution in [3.63, 3.8) is 0 Å². The van der Waals surface area contributed by atoms with Gasteiger partial charge in [0.2, 0.25) is 0 Å². The van der Waals surface area contributed by atoms with Crippen molar-refractivity contribution in [2.45, 2.75) is 83.8 Å². The molecule has 4 heteroatoms. The normalized spacial score (nSPS) is 42.3. The highest BCUT2D eigenvalue weighted by Crippen LogP contribution is 2.68. The van der Waals surface area contributed by atoms with E-state index in [-0.39, 0.29) is 29.0 Å². The highest BCUT2D eigenvalue weighted by molar-refractivity contribution is 5.93. The van der Waals surface area contributed by atoms with Crippen molar-refractivity contribution in [2.24, 2.45) is 29.6 Å². The average Bonchev–Trinajstić information content (AvgIpc) is 3.00. The van der Waals surface area contributed by atoms with Crippen LogP contribution in [0.3, 0.4) is 0 Å². The van der Waals surface area contributed by atoms with Crippen molar-refractivity contribution in [3.8, 4) is 0 Å². The lowest BCUT2D eigenvalue weighted by Crippen LogP contribution is -2.63. The molecule has 1 saturated heterocycles. The summed E-state index contributed by atoms with van der Waals surface area (Å²) in [6.45, 7) is 6.68. The maximum absolute atomic E-state index is 12.0. The number of hydrogen-bond donors (Lipinski definition) is 2. The molecule has 4 aliphatic rings. The first-order valence-corrected chi connectivity index (χ1v) is 11.0. The van der Waals surface area contributed by atoms with E-state index in [1.54, 1.807) is 0 Å². The molecule has 1 aliphatic heterocycles. The number of carbonyl (C=O) groups is 1. The molecule has 0 spiro atoms. The molecule has 4 nitrogen and oxygen atoms in total. The van der Waals surface area contributed by atoms with E-state index >= 15 is 0 Å². The Bertz CT molecular complexity index is 678. The number of rotatable bonds is 7. The molecule has 0 amide bonds. The van der Waals surface area contributed by atoms with Crippen LogP contribution in [0, 0.1) is 29.6 Å². The van der Waals surface area contributed by atoms with E-state index in [2.05, 4.69) is 26.8 Å². The maximum Gasteiger partial charge on any atom is 0.339 e. The van der Waals surface area contributed by atoms with Crippen molar-refractivity contribution in [2.75, 3.05) is 0 Å². The zero-order valence-electron chi connectivity index (χ0n) is 16.9. The lowest BCUT2D eigenvalue weighted by molar-refractivity contribution is -0.241. The Kier molecular flexibility index (Phi) is 4.90. The minimum absolute atomic E-state index is 0.0617. The molecule has 3 aliphatic carbocycles. The van der Waals surface area contributed by atoms with Crippen molar-refractivity contribution < 1.29 is 19.7 Å². The molecule has 4 rings (SSSR count). The van der Waals surface area contributed by atoms with Crippen LogP contribution in [0.1, 0.15) is 72.1 Å². The molecule has 4 unspecified atom stereocenters. The number of hydrogen-bond acceptors (Lipinski definition) is 3. The molecule has 0 aromatic heterocycles. The fraction of sp³-hybridized carbons (Fsp3) is 0.783. The van der Waals surface area contributed by atoms with Gasteiger partial charge in [0, 0.05) is 0 Å². The van der Waals surface area contributed by atoms with Gasteiger partial charge in [0.15, 0.2) is 0 Å². The lowest BCUT2D eigenvalue weighted by Gasteiger charge is -2.62. The summed E-state index contributed by atoms with van der Waals surface area (Å²) in [4.78, 5) is 12.0. The fourth-order valence-corrected chi connectivity index (χ4v) is 6.87. The van der Waals surface area contributed by atoms with Gasteiger partial charge in [0.1, 0.15) is 11.3 Å². The van der Waals surface area contributed by atoms with Gasteiger partial charge in [0.25, 0.3) is 0 Å². The van der Waals surface area contributed by atoms with Crippen LogP contribution in [0.15, 0.2) is 23.0 Å². The Morgan fingerprint density at radius 3 is 2.74 bits per heavy atom. The largest absolute Gasteiger partial charge is 0.511 e. The van der Waals surface area contributed by atoms with Gasteiger partial charge in [-0.1, -0.05) is 46.1 Å². The van der Waals surface area contributed by atoms with Gasteiger partial charge < -0.3 is 14.9 Å². The van der Waals surface area contributed by atoms with Crippen molar-refractivity contribution in [1.82, 2.24) is 0 Å². The van der Waals surface area contributed by atoms with E-state index in [0.29, 0.717) is 30.1 Å². The summed E-state index contributed by atoms with van der Waals surface area (Å²) in [5.74, 6) is 0.971. The van der Waals surface area contributed by atoms with Crippen LogP contribution >= 0.6 is 0 Å². The quantitative estimate of drug-likeness (QED) is 0.597. The van der Waals surface area contributed by atoms with E-state index in [0.717, 1.165) is 44.1 Å².